The van der Waals surface area contributed by atoms with Gasteiger partial charge in [-0.1, -0.05) is 46.6 Å². The summed E-state index contributed by atoms with van der Waals surface area (Å²) in [6.45, 7) is 1.92. The first kappa shape index (κ1) is 12.9. The molecule has 2 unspecified atom stereocenters. The molecule has 3 nitrogen and oxygen atoms in total. The van der Waals surface area contributed by atoms with Gasteiger partial charge in [-0.2, -0.15) is 0 Å². The summed E-state index contributed by atoms with van der Waals surface area (Å²) >= 11 is 9.58. The molecular weight excluding hydrogens is 307 g/mol. The second-order valence-corrected chi connectivity index (χ2v) is 5.33. The Kier molecular flexibility index (Phi) is 3.23. The quantitative estimate of drug-likeness (QED) is 0.488. The molecule has 0 aromatic heterocycles. The number of ether oxygens (including phenoxy) is 2. The lowest BCUT2D eigenvalue weighted by molar-refractivity contribution is -0.143. The molecule has 1 aromatic carbocycles. The van der Waals surface area contributed by atoms with E-state index in [1.165, 1.54) is 7.11 Å². The van der Waals surface area contributed by atoms with E-state index in [0.29, 0.717) is 6.42 Å². The van der Waals surface area contributed by atoms with Crippen molar-refractivity contribution in [3.63, 3.8) is 0 Å². The summed E-state index contributed by atoms with van der Waals surface area (Å²) in [5, 5.41) is -1.39. The molecule has 2 atom stereocenters. The van der Waals surface area contributed by atoms with E-state index < -0.39 is 16.6 Å². The maximum atomic E-state index is 11.6. The lowest BCUT2D eigenvalue weighted by Crippen LogP contribution is -2.28. The number of halogens is 2. The largest absolute Gasteiger partial charge is 0.466 e. The number of hydrogen-bond donors (Lipinski definition) is 0. The van der Waals surface area contributed by atoms with Crippen LogP contribution in [0.3, 0.4) is 0 Å². The van der Waals surface area contributed by atoms with E-state index in [4.69, 9.17) is 16.3 Å². The molecule has 1 heterocycles. The number of carbonyl (C=O) groups is 1. The van der Waals surface area contributed by atoms with Crippen LogP contribution in [-0.4, -0.2) is 18.1 Å². The number of esters is 1. The number of epoxide rings is 1. The third kappa shape index (κ3) is 1.79. The molecule has 2 rings (SSSR count). The number of carbonyl (C=O) groups excluding carboxylic acids is 1. The van der Waals surface area contributed by atoms with Gasteiger partial charge in [0.1, 0.15) is 0 Å². The predicted octanol–water partition coefficient (Wildman–Crippen LogP) is 3.19. The van der Waals surface area contributed by atoms with Crippen LogP contribution in [0.25, 0.3) is 0 Å². The van der Waals surface area contributed by atoms with Crippen LogP contribution in [-0.2, 0) is 19.9 Å². The van der Waals surface area contributed by atoms with Crippen molar-refractivity contribution in [2.24, 2.45) is 0 Å². The van der Waals surface area contributed by atoms with Gasteiger partial charge in [-0.05, 0) is 24.1 Å². The van der Waals surface area contributed by atoms with Crippen LogP contribution in [0.2, 0.25) is 0 Å². The summed E-state index contributed by atoms with van der Waals surface area (Å²) in [6, 6.07) is 7.58. The normalized spacial score (nSPS) is 31.1. The summed E-state index contributed by atoms with van der Waals surface area (Å²) in [4.78, 5) is 11.6. The molecule has 92 valence electrons. The van der Waals surface area contributed by atoms with E-state index >= 15 is 0 Å². The molecule has 1 aromatic rings. The maximum Gasteiger partial charge on any atom is 0.357 e. The molecule has 0 N–H and O–H groups in total. The molecule has 0 bridgehead atoms. The number of rotatable bonds is 3. The van der Waals surface area contributed by atoms with Gasteiger partial charge in [0.25, 0.3) is 5.06 Å². The molecule has 0 aliphatic carbocycles. The Morgan fingerprint density at radius 2 is 2.29 bits per heavy atom. The zero-order valence-corrected chi connectivity index (χ0v) is 11.8. The van der Waals surface area contributed by atoms with Crippen molar-refractivity contribution in [3.8, 4) is 0 Å². The highest BCUT2D eigenvalue weighted by atomic mass is 79.9. The Labute approximate surface area is 113 Å². The van der Waals surface area contributed by atoms with Gasteiger partial charge >= 0.3 is 5.97 Å². The van der Waals surface area contributed by atoms with E-state index in [1.54, 1.807) is 0 Å². The number of methoxy groups -OCH3 is 1. The third-order valence-electron chi connectivity index (χ3n) is 3.03. The molecule has 17 heavy (non-hydrogen) atoms. The van der Waals surface area contributed by atoms with Gasteiger partial charge in [-0.15, -0.1) is 0 Å². The summed E-state index contributed by atoms with van der Waals surface area (Å²) < 4.78 is 11.1. The van der Waals surface area contributed by atoms with E-state index in [-0.39, 0.29) is 0 Å². The van der Waals surface area contributed by atoms with Crippen LogP contribution in [0.4, 0.5) is 0 Å². The van der Waals surface area contributed by atoms with Crippen LogP contribution in [0, 0.1) is 0 Å². The highest BCUT2D eigenvalue weighted by molar-refractivity contribution is 9.10. The standard InChI is InChI=1S/C12H12BrClO3/c1-3-11(8-5-4-6-9(13)7-8)12(14,17-11)10(15)16-2/h4-7H,3H2,1-2H3. The molecule has 0 spiro atoms. The lowest BCUT2D eigenvalue weighted by Gasteiger charge is -2.13. The van der Waals surface area contributed by atoms with Crippen molar-refractivity contribution >= 4 is 33.5 Å². The molecule has 1 aliphatic rings. The SMILES string of the molecule is CCC1(c2cccc(Br)c2)OC1(Cl)C(=O)OC. The Morgan fingerprint density at radius 3 is 2.82 bits per heavy atom. The van der Waals surface area contributed by atoms with Crippen molar-refractivity contribution in [1.82, 2.24) is 0 Å². The van der Waals surface area contributed by atoms with Gasteiger partial charge in [0.2, 0.25) is 0 Å². The smallest absolute Gasteiger partial charge is 0.357 e. The second kappa shape index (κ2) is 4.26. The Morgan fingerprint density at radius 1 is 1.59 bits per heavy atom. The van der Waals surface area contributed by atoms with Crippen molar-refractivity contribution in [2.45, 2.75) is 24.0 Å². The highest BCUT2D eigenvalue weighted by Crippen LogP contribution is 2.61. The van der Waals surface area contributed by atoms with E-state index in [9.17, 15) is 4.79 Å². The average Bonchev–Trinajstić information content (AvgIpc) is 2.97. The van der Waals surface area contributed by atoms with Gasteiger partial charge < -0.3 is 9.47 Å². The summed E-state index contributed by atoms with van der Waals surface area (Å²) in [5.41, 5.74) is 0.0839. The number of hydrogen-bond acceptors (Lipinski definition) is 3. The van der Waals surface area contributed by atoms with Crippen molar-refractivity contribution in [1.29, 1.82) is 0 Å². The average molecular weight is 320 g/mol. The van der Waals surface area contributed by atoms with Crippen molar-refractivity contribution < 1.29 is 14.3 Å². The molecule has 1 saturated heterocycles. The van der Waals surface area contributed by atoms with E-state index in [2.05, 4.69) is 20.7 Å². The van der Waals surface area contributed by atoms with Gasteiger partial charge in [0, 0.05) is 4.47 Å². The zero-order chi connectivity index (χ0) is 12.7. The van der Waals surface area contributed by atoms with Crippen molar-refractivity contribution in [3.05, 3.63) is 34.3 Å². The third-order valence-corrected chi connectivity index (χ3v) is 4.06. The lowest BCUT2D eigenvalue weighted by atomic mass is 9.92. The van der Waals surface area contributed by atoms with Gasteiger partial charge in [0.15, 0.2) is 5.60 Å². The number of alkyl halides is 1. The highest BCUT2D eigenvalue weighted by Gasteiger charge is 2.75. The van der Waals surface area contributed by atoms with Crippen LogP contribution >= 0.6 is 27.5 Å². The fraction of sp³-hybridized carbons (Fsp3) is 0.417. The van der Waals surface area contributed by atoms with Crippen LogP contribution in [0.5, 0.6) is 0 Å². The molecule has 5 heteroatoms. The first-order valence-electron chi connectivity index (χ1n) is 5.23. The second-order valence-electron chi connectivity index (χ2n) is 3.88. The van der Waals surface area contributed by atoms with Gasteiger partial charge in [0.05, 0.1) is 7.11 Å². The minimum Gasteiger partial charge on any atom is -0.466 e. The van der Waals surface area contributed by atoms with Crippen LogP contribution < -0.4 is 0 Å². The van der Waals surface area contributed by atoms with E-state index in [0.717, 1.165) is 10.0 Å². The molecule has 1 fully saturated rings. The number of benzene rings is 1. The maximum absolute atomic E-state index is 11.6. The Balaban J connectivity index is 2.40. The first-order chi connectivity index (χ1) is 8.00. The Hall–Kier alpha value is -0.580. The van der Waals surface area contributed by atoms with Gasteiger partial charge in [-0.3, -0.25) is 0 Å². The Bertz CT molecular complexity index is 465. The van der Waals surface area contributed by atoms with Crippen LogP contribution in [0.1, 0.15) is 18.9 Å². The topological polar surface area (TPSA) is 38.8 Å². The molecule has 0 radical (unpaired) electrons. The minimum absolute atomic E-state index is 0.555. The molecular formula is C12H12BrClO3. The molecule has 0 saturated carbocycles. The predicted molar refractivity (Wildman–Crippen MR) is 67.8 cm³/mol. The van der Waals surface area contributed by atoms with E-state index in [1.807, 2.05) is 31.2 Å². The van der Waals surface area contributed by atoms with Crippen molar-refractivity contribution in [2.75, 3.05) is 7.11 Å². The summed E-state index contributed by atoms with van der Waals surface area (Å²) in [6.07, 6.45) is 0.599. The first-order valence-corrected chi connectivity index (χ1v) is 6.41. The minimum atomic E-state index is -1.39. The zero-order valence-electron chi connectivity index (χ0n) is 9.50. The fourth-order valence-corrected chi connectivity index (χ4v) is 2.89. The molecule has 1 aliphatic heterocycles. The van der Waals surface area contributed by atoms with Crippen LogP contribution in [0.15, 0.2) is 28.7 Å². The summed E-state index contributed by atoms with van der Waals surface area (Å²) in [5.74, 6) is -0.555. The van der Waals surface area contributed by atoms with Gasteiger partial charge in [-0.25, -0.2) is 4.79 Å². The monoisotopic (exact) mass is 318 g/mol. The summed E-state index contributed by atoms with van der Waals surface area (Å²) in [7, 11) is 1.30. The fourth-order valence-electron chi connectivity index (χ4n) is 2.04. The molecule has 0 amide bonds.